The van der Waals surface area contributed by atoms with E-state index in [-0.39, 0.29) is 16.7 Å². The highest BCUT2D eigenvalue weighted by atomic mass is 32.2. The Labute approximate surface area is 172 Å². The fourth-order valence-electron chi connectivity index (χ4n) is 3.36. The number of thiazole rings is 1. The van der Waals surface area contributed by atoms with E-state index >= 15 is 0 Å². The van der Waals surface area contributed by atoms with E-state index in [1.54, 1.807) is 13.2 Å². The summed E-state index contributed by atoms with van der Waals surface area (Å²) < 4.78 is 33.0. The second-order valence-electron chi connectivity index (χ2n) is 6.68. The minimum absolute atomic E-state index is 0.138. The van der Waals surface area contributed by atoms with Gasteiger partial charge in [0.1, 0.15) is 16.2 Å². The molecular formula is C19H20N4O4S2. The molecule has 3 heterocycles. The second kappa shape index (κ2) is 8.05. The molecule has 1 saturated heterocycles. The number of carbonyl (C=O) groups is 1. The molecule has 0 bridgehead atoms. The van der Waals surface area contributed by atoms with Crippen molar-refractivity contribution in [2.75, 3.05) is 25.5 Å². The number of fused-ring (bicyclic) bond motifs is 1. The summed E-state index contributed by atoms with van der Waals surface area (Å²) in [5, 5.41) is 3.39. The summed E-state index contributed by atoms with van der Waals surface area (Å²) in [6, 6.07) is 8.75. The Morgan fingerprint density at radius 1 is 1.24 bits per heavy atom. The van der Waals surface area contributed by atoms with E-state index < -0.39 is 10.0 Å². The summed E-state index contributed by atoms with van der Waals surface area (Å²) in [7, 11) is -2.00. The average Bonchev–Trinajstić information content (AvgIpc) is 3.17. The maximum absolute atomic E-state index is 12.7. The molecule has 29 heavy (non-hydrogen) atoms. The van der Waals surface area contributed by atoms with Gasteiger partial charge in [-0.25, -0.2) is 13.4 Å². The van der Waals surface area contributed by atoms with Crippen LogP contribution in [0.5, 0.6) is 5.75 Å². The van der Waals surface area contributed by atoms with Crippen LogP contribution in [-0.4, -0.2) is 48.8 Å². The summed E-state index contributed by atoms with van der Waals surface area (Å²) in [5.74, 6) is 0.263. The minimum atomic E-state index is -3.58. The van der Waals surface area contributed by atoms with Crippen molar-refractivity contribution >= 4 is 42.6 Å². The van der Waals surface area contributed by atoms with Gasteiger partial charge in [0.25, 0.3) is 0 Å². The molecule has 2 aromatic heterocycles. The molecule has 1 amide bonds. The second-order valence-corrected chi connectivity index (χ2v) is 9.65. The molecule has 8 nitrogen and oxygen atoms in total. The van der Waals surface area contributed by atoms with Crippen LogP contribution in [0.2, 0.25) is 0 Å². The molecule has 1 fully saturated rings. The molecule has 0 atom stereocenters. The molecule has 0 radical (unpaired) electrons. The molecule has 0 spiro atoms. The molecule has 1 aliphatic heterocycles. The van der Waals surface area contributed by atoms with Crippen molar-refractivity contribution in [2.45, 2.75) is 17.7 Å². The summed E-state index contributed by atoms with van der Waals surface area (Å²) in [5.41, 5.74) is 0.715. The Kier molecular flexibility index (Phi) is 5.48. The number of amides is 1. The van der Waals surface area contributed by atoms with Crippen LogP contribution in [0.3, 0.4) is 0 Å². The number of rotatable bonds is 5. The lowest BCUT2D eigenvalue weighted by Crippen LogP contribution is -2.41. The van der Waals surface area contributed by atoms with Crippen molar-refractivity contribution in [3.8, 4) is 5.75 Å². The SMILES string of the molecule is COc1cccc2sc(NC(=O)C3CCN(S(=O)(=O)c4cccnc4)CC3)nc12. The normalized spacial score (nSPS) is 16.0. The van der Waals surface area contributed by atoms with Crippen molar-refractivity contribution in [1.82, 2.24) is 14.3 Å². The number of nitrogens with one attached hydrogen (secondary N) is 1. The van der Waals surface area contributed by atoms with Gasteiger partial charge in [-0.15, -0.1) is 0 Å². The van der Waals surface area contributed by atoms with E-state index in [0.717, 1.165) is 4.70 Å². The Morgan fingerprint density at radius 2 is 2.03 bits per heavy atom. The van der Waals surface area contributed by atoms with Gasteiger partial charge < -0.3 is 10.1 Å². The van der Waals surface area contributed by atoms with E-state index in [2.05, 4.69) is 15.3 Å². The summed E-state index contributed by atoms with van der Waals surface area (Å²) in [6.45, 7) is 0.589. The number of benzene rings is 1. The number of aromatic nitrogens is 2. The third-order valence-corrected chi connectivity index (χ3v) is 7.75. The van der Waals surface area contributed by atoms with Crippen molar-refractivity contribution < 1.29 is 17.9 Å². The number of carbonyl (C=O) groups excluding carboxylic acids is 1. The van der Waals surface area contributed by atoms with Crippen LogP contribution >= 0.6 is 11.3 Å². The first kappa shape index (κ1) is 19.7. The topological polar surface area (TPSA) is 101 Å². The van der Waals surface area contributed by atoms with Crippen LogP contribution in [0, 0.1) is 5.92 Å². The van der Waals surface area contributed by atoms with Crippen LogP contribution < -0.4 is 10.1 Å². The molecule has 1 aromatic carbocycles. The van der Waals surface area contributed by atoms with Crippen LogP contribution in [0.1, 0.15) is 12.8 Å². The van der Waals surface area contributed by atoms with Crippen molar-refractivity contribution in [3.63, 3.8) is 0 Å². The molecule has 3 aromatic rings. The quantitative estimate of drug-likeness (QED) is 0.665. The Hall–Kier alpha value is -2.56. The number of ether oxygens (including phenoxy) is 1. The van der Waals surface area contributed by atoms with Crippen LogP contribution in [0.25, 0.3) is 10.2 Å². The molecule has 4 rings (SSSR count). The fourth-order valence-corrected chi connectivity index (χ4v) is 5.68. The number of sulfonamides is 1. The van der Waals surface area contributed by atoms with Crippen molar-refractivity contribution in [1.29, 1.82) is 0 Å². The van der Waals surface area contributed by atoms with Gasteiger partial charge in [0.15, 0.2) is 5.13 Å². The summed E-state index contributed by atoms with van der Waals surface area (Å²) in [4.78, 5) is 21.2. The predicted molar refractivity (Wildman–Crippen MR) is 111 cm³/mol. The molecule has 152 valence electrons. The smallest absolute Gasteiger partial charge is 0.244 e. The lowest BCUT2D eigenvalue weighted by Gasteiger charge is -2.30. The zero-order chi connectivity index (χ0) is 20.4. The number of para-hydroxylation sites is 1. The van der Waals surface area contributed by atoms with Crippen molar-refractivity contribution in [3.05, 3.63) is 42.7 Å². The maximum atomic E-state index is 12.7. The van der Waals surface area contributed by atoms with Crippen LogP contribution in [0.15, 0.2) is 47.6 Å². The molecule has 0 saturated carbocycles. The lowest BCUT2D eigenvalue weighted by atomic mass is 9.97. The van der Waals surface area contributed by atoms with Gasteiger partial charge in [-0.2, -0.15) is 4.31 Å². The highest BCUT2D eigenvalue weighted by Crippen LogP contribution is 2.33. The van der Waals surface area contributed by atoms with Gasteiger partial charge in [-0.1, -0.05) is 17.4 Å². The molecule has 1 N–H and O–H groups in total. The fraction of sp³-hybridized carbons (Fsp3) is 0.316. The third kappa shape index (κ3) is 3.96. The lowest BCUT2D eigenvalue weighted by molar-refractivity contribution is -0.120. The summed E-state index contributed by atoms with van der Waals surface area (Å²) in [6.07, 6.45) is 3.79. The van der Waals surface area contributed by atoms with Gasteiger partial charge in [0.05, 0.1) is 11.8 Å². The van der Waals surface area contributed by atoms with E-state index in [4.69, 9.17) is 4.74 Å². The standard InChI is InChI=1S/C19H20N4O4S2/c1-27-15-5-2-6-16-17(15)21-19(28-16)22-18(24)13-7-10-23(11-8-13)29(25,26)14-4-3-9-20-12-14/h2-6,9,12-13H,7-8,10-11H2,1H3,(H,21,22,24). The minimum Gasteiger partial charge on any atom is -0.494 e. The van der Waals surface area contributed by atoms with Crippen LogP contribution in [-0.2, 0) is 14.8 Å². The molecule has 10 heteroatoms. The number of hydrogen-bond acceptors (Lipinski definition) is 7. The number of piperidine rings is 1. The number of anilines is 1. The maximum Gasteiger partial charge on any atom is 0.244 e. The molecular weight excluding hydrogens is 412 g/mol. The number of methoxy groups -OCH3 is 1. The first-order chi connectivity index (χ1) is 14.0. The Balaban J connectivity index is 1.41. The predicted octanol–water partition coefficient (Wildman–Crippen LogP) is 2.74. The van der Waals surface area contributed by atoms with Gasteiger partial charge >= 0.3 is 0 Å². The van der Waals surface area contributed by atoms with E-state index in [1.165, 1.54) is 34.1 Å². The number of pyridine rings is 1. The van der Waals surface area contributed by atoms with E-state index in [1.807, 2.05) is 18.2 Å². The van der Waals surface area contributed by atoms with Crippen molar-refractivity contribution in [2.24, 2.45) is 5.92 Å². The van der Waals surface area contributed by atoms with Gasteiger partial charge in [-0.3, -0.25) is 9.78 Å². The largest absolute Gasteiger partial charge is 0.494 e. The Morgan fingerprint density at radius 3 is 2.72 bits per heavy atom. The Bertz CT molecular complexity index is 1120. The third-order valence-electron chi connectivity index (χ3n) is 4.93. The molecule has 0 aliphatic carbocycles. The first-order valence-electron chi connectivity index (χ1n) is 9.13. The number of hydrogen-bond donors (Lipinski definition) is 1. The average molecular weight is 433 g/mol. The van der Waals surface area contributed by atoms with Gasteiger partial charge in [-0.05, 0) is 37.1 Å². The highest BCUT2D eigenvalue weighted by molar-refractivity contribution is 7.89. The van der Waals surface area contributed by atoms with E-state index in [0.29, 0.717) is 42.3 Å². The molecule has 0 unspecified atom stereocenters. The van der Waals surface area contributed by atoms with Gasteiger partial charge in [0.2, 0.25) is 15.9 Å². The zero-order valence-electron chi connectivity index (χ0n) is 15.7. The molecule has 1 aliphatic rings. The number of nitrogens with zero attached hydrogens (tertiary/aromatic N) is 3. The first-order valence-corrected chi connectivity index (χ1v) is 11.4. The van der Waals surface area contributed by atoms with Crippen LogP contribution in [0.4, 0.5) is 5.13 Å². The van der Waals surface area contributed by atoms with Gasteiger partial charge in [0, 0.05) is 31.4 Å². The summed E-state index contributed by atoms with van der Waals surface area (Å²) >= 11 is 1.38. The zero-order valence-corrected chi connectivity index (χ0v) is 17.4. The monoisotopic (exact) mass is 432 g/mol. The highest BCUT2D eigenvalue weighted by Gasteiger charge is 2.32. The van der Waals surface area contributed by atoms with E-state index in [9.17, 15) is 13.2 Å².